The van der Waals surface area contributed by atoms with Gasteiger partial charge in [-0.05, 0) is 25.0 Å². The minimum atomic E-state index is -0.805. The van der Waals surface area contributed by atoms with Crippen molar-refractivity contribution >= 4 is 17.9 Å². The topological polar surface area (TPSA) is 94.1 Å². The molecular formula is C24H39NO6. The molecule has 7 heteroatoms. The zero-order chi connectivity index (χ0) is 22.9. The Kier molecular flexibility index (Phi) is 14.0. The molecule has 0 fully saturated rings. The zero-order valence-electron chi connectivity index (χ0n) is 19.3. The fourth-order valence-electron chi connectivity index (χ4n) is 3.26. The molecular weight excluding hydrogens is 398 g/mol. The summed E-state index contributed by atoms with van der Waals surface area (Å²) in [5.41, 5.74) is 0.622. The van der Waals surface area contributed by atoms with Crippen LogP contribution in [0.4, 0.5) is 15.3 Å². The van der Waals surface area contributed by atoms with Crippen LogP contribution in [0.1, 0.15) is 89.5 Å². The SMILES string of the molecule is CCCCCCCCCCCCCCOC(=O)Oc1cc(NC(=O)OC)c(O)cc1C. The van der Waals surface area contributed by atoms with Crippen LogP contribution in [-0.4, -0.2) is 31.1 Å². The van der Waals surface area contributed by atoms with Crippen LogP contribution in [0, 0.1) is 6.92 Å². The highest BCUT2D eigenvalue weighted by Crippen LogP contribution is 2.32. The highest BCUT2D eigenvalue weighted by atomic mass is 16.7. The van der Waals surface area contributed by atoms with Crippen LogP contribution in [-0.2, 0) is 9.47 Å². The summed E-state index contributed by atoms with van der Waals surface area (Å²) in [6.45, 7) is 4.22. The highest BCUT2D eigenvalue weighted by Gasteiger charge is 2.14. The smallest absolute Gasteiger partial charge is 0.506 e. The van der Waals surface area contributed by atoms with E-state index >= 15 is 0 Å². The first-order valence-electron chi connectivity index (χ1n) is 11.5. The number of anilines is 1. The van der Waals surface area contributed by atoms with Gasteiger partial charge < -0.3 is 19.3 Å². The molecule has 1 aromatic carbocycles. The average molecular weight is 438 g/mol. The van der Waals surface area contributed by atoms with Crippen molar-refractivity contribution < 1.29 is 28.9 Å². The number of amides is 1. The monoisotopic (exact) mass is 437 g/mol. The molecule has 1 rings (SSSR count). The first kappa shape index (κ1) is 26.6. The van der Waals surface area contributed by atoms with Gasteiger partial charge in [0.15, 0.2) is 0 Å². The molecule has 176 valence electrons. The maximum Gasteiger partial charge on any atom is 0.513 e. The predicted molar refractivity (Wildman–Crippen MR) is 122 cm³/mol. The summed E-state index contributed by atoms with van der Waals surface area (Å²) >= 11 is 0. The van der Waals surface area contributed by atoms with E-state index in [4.69, 9.17) is 9.47 Å². The number of unbranched alkanes of at least 4 members (excludes halogenated alkanes) is 11. The number of methoxy groups -OCH3 is 1. The van der Waals surface area contributed by atoms with Crippen LogP contribution >= 0.6 is 0 Å². The lowest BCUT2D eigenvalue weighted by Gasteiger charge is -2.12. The van der Waals surface area contributed by atoms with E-state index in [0.717, 1.165) is 19.3 Å². The molecule has 0 atom stereocenters. The van der Waals surface area contributed by atoms with Gasteiger partial charge in [-0.2, -0.15) is 0 Å². The van der Waals surface area contributed by atoms with Crippen molar-refractivity contribution in [2.75, 3.05) is 19.0 Å². The maximum absolute atomic E-state index is 11.9. The Morgan fingerprint density at radius 1 is 0.903 bits per heavy atom. The van der Waals surface area contributed by atoms with Gasteiger partial charge in [-0.1, -0.05) is 77.6 Å². The van der Waals surface area contributed by atoms with Crippen LogP contribution in [0.3, 0.4) is 0 Å². The molecule has 1 amide bonds. The molecule has 0 heterocycles. The molecule has 0 saturated heterocycles. The van der Waals surface area contributed by atoms with Crippen molar-refractivity contribution in [1.29, 1.82) is 0 Å². The summed E-state index contributed by atoms with van der Waals surface area (Å²) in [4.78, 5) is 23.2. The number of nitrogens with one attached hydrogen (secondary N) is 1. The lowest BCUT2D eigenvalue weighted by molar-refractivity contribution is 0.0970. The summed E-state index contributed by atoms with van der Waals surface area (Å²) in [5, 5.41) is 12.2. The Hall–Kier alpha value is -2.44. The number of carbonyl (C=O) groups is 2. The molecule has 1 aromatic rings. The van der Waals surface area contributed by atoms with Crippen molar-refractivity contribution in [1.82, 2.24) is 0 Å². The van der Waals surface area contributed by atoms with E-state index in [0.29, 0.717) is 12.2 Å². The van der Waals surface area contributed by atoms with Gasteiger partial charge in [0.2, 0.25) is 0 Å². The Balaban J connectivity index is 2.16. The molecule has 7 nitrogen and oxygen atoms in total. The van der Waals surface area contributed by atoms with E-state index in [9.17, 15) is 14.7 Å². The second kappa shape index (κ2) is 16.3. The molecule has 2 N–H and O–H groups in total. The van der Waals surface area contributed by atoms with Gasteiger partial charge in [0.1, 0.15) is 11.5 Å². The van der Waals surface area contributed by atoms with Crippen LogP contribution in [0.5, 0.6) is 11.5 Å². The fourth-order valence-corrected chi connectivity index (χ4v) is 3.26. The molecule has 0 unspecified atom stereocenters. The van der Waals surface area contributed by atoms with E-state index in [1.807, 2.05) is 0 Å². The third-order valence-electron chi connectivity index (χ3n) is 5.13. The van der Waals surface area contributed by atoms with Gasteiger partial charge in [0.25, 0.3) is 0 Å². The number of phenolic OH excluding ortho intramolecular Hbond substituents is 1. The largest absolute Gasteiger partial charge is 0.513 e. The minimum absolute atomic E-state index is 0.0845. The van der Waals surface area contributed by atoms with Crippen molar-refractivity contribution in [3.8, 4) is 11.5 Å². The van der Waals surface area contributed by atoms with Crippen LogP contribution < -0.4 is 10.1 Å². The molecule has 0 bridgehead atoms. The molecule has 31 heavy (non-hydrogen) atoms. The number of phenols is 1. The maximum atomic E-state index is 11.9. The standard InChI is InChI=1S/C24H39NO6/c1-4-5-6-7-8-9-10-11-12-13-14-15-16-30-24(28)31-22-18-20(25-23(27)29-3)21(26)17-19(22)2/h17-18,26H,4-16H2,1-3H3,(H,25,27). The van der Waals surface area contributed by atoms with Gasteiger partial charge >= 0.3 is 12.2 Å². The summed E-state index contributed by atoms with van der Waals surface area (Å²) in [5.74, 6) is 0.0454. The lowest BCUT2D eigenvalue weighted by Crippen LogP contribution is -2.14. The van der Waals surface area contributed by atoms with Gasteiger partial charge in [-0.3, -0.25) is 5.32 Å². The molecule has 0 saturated carbocycles. The van der Waals surface area contributed by atoms with Gasteiger partial charge in [-0.15, -0.1) is 0 Å². The number of aryl methyl sites for hydroxylation is 1. The number of rotatable bonds is 15. The molecule has 0 aromatic heterocycles. The fraction of sp³-hybridized carbons (Fsp3) is 0.667. The van der Waals surface area contributed by atoms with E-state index in [2.05, 4.69) is 17.0 Å². The van der Waals surface area contributed by atoms with Crippen molar-refractivity contribution in [3.05, 3.63) is 17.7 Å². The van der Waals surface area contributed by atoms with Crippen molar-refractivity contribution in [2.45, 2.75) is 90.9 Å². The first-order chi connectivity index (χ1) is 15.0. The third-order valence-corrected chi connectivity index (χ3v) is 5.13. The summed E-state index contributed by atoms with van der Waals surface area (Å²) in [6, 6.07) is 2.74. The molecule has 0 aliphatic heterocycles. The Labute approximate surface area is 186 Å². The number of hydrogen-bond acceptors (Lipinski definition) is 6. The van der Waals surface area contributed by atoms with E-state index in [-0.39, 0.29) is 17.2 Å². The third kappa shape index (κ3) is 12.1. The Morgan fingerprint density at radius 2 is 1.45 bits per heavy atom. The lowest BCUT2D eigenvalue weighted by atomic mass is 10.1. The number of ether oxygens (including phenoxy) is 3. The van der Waals surface area contributed by atoms with E-state index in [1.165, 1.54) is 77.0 Å². The van der Waals surface area contributed by atoms with Gasteiger partial charge in [0.05, 0.1) is 19.4 Å². The number of aromatic hydroxyl groups is 1. The van der Waals surface area contributed by atoms with Crippen LogP contribution in [0.15, 0.2) is 12.1 Å². The van der Waals surface area contributed by atoms with E-state index < -0.39 is 12.2 Å². The Bertz CT molecular complexity index is 662. The minimum Gasteiger partial charge on any atom is -0.506 e. The average Bonchev–Trinajstić information content (AvgIpc) is 2.74. The quantitative estimate of drug-likeness (QED) is 0.132. The predicted octanol–water partition coefficient (Wildman–Crippen LogP) is 7.10. The van der Waals surface area contributed by atoms with Gasteiger partial charge in [-0.25, -0.2) is 9.59 Å². The summed E-state index contributed by atoms with van der Waals surface area (Å²) < 4.78 is 14.8. The van der Waals surface area contributed by atoms with Crippen molar-refractivity contribution in [3.63, 3.8) is 0 Å². The normalized spacial score (nSPS) is 10.5. The molecule has 0 spiro atoms. The number of carbonyl (C=O) groups excluding carboxylic acids is 2. The second-order valence-corrected chi connectivity index (χ2v) is 7.84. The van der Waals surface area contributed by atoms with Crippen LogP contribution in [0.2, 0.25) is 0 Å². The molecule has 0 aliphatic carbocycles. The summed E-state index contributed by atoms with van der Waals surface area (Å²) in [7, 11) is 1.21. The number of benzene rings is 1. The van der Waals surface area contributed by atoms with Gasteiger partial charge in [0, 0.05) is 6.07 Å². The second-order valence-electron chi connectivity index (χ2n) is 7.84. The summed E-state index contributed by atoms with van der Waals surface area (Å²) in [6.07, 6.45) is 13.3. The Morgan fingerprint density at radius 3 is 2.00 bits per heavy atom. The highest BCUT2D eigenvalue weighted by molar-refractivity contribution is 5.87. The van der Waals surface area contributed by atoms with E-state index in [1.54, 1.807) is 6.92 Å². The van der Waals surface area contributed by atoms with Crippen LogP contribution in [0.25, 0.3) is 0 Å². The van der Waals surface area contributed by atoms with Crippen molar-refractivity contribution in [2.24, 2.45) is 0 Å². The first-order valence-corrected chi connectivity index (χ1v) is 11.5. The number of hydrogen-bond donors (Lipinski definition) is 2. The molecule has 0 radical (unpaired) electrons. The zero-order valence-corrected chi connectivity index (χ0v) is 19.3. The molecule has 0 aliphatic rings.